The molecule has 9 unspecified atom stereocenters. The molecule has 5 aliphatic heterocycles. The van der Waals surface area contributed by atoms with Gasteiger partial charge < -0.3 is 64.6 Å². The van der Waals surface area contributed by atoms with Gasteiger partial charge in [-0.25, -0.2) is 4.79 Å². The molecular formula is C60H86N6O13. The van der Waals surface area contributed by atoms with Crippen LogP contribution in [-0.2, 0) is 55.4 Å². The lowest BCUT2D eigenvalue weighted by molar-refractivity contribution is -0.203. The molecule has 1 aromatic heterocycles. The van der Waals surface area contributed by atoms with Crippen LogP contribution >= 0.6 is 0 Å². The zero-order valence-corrected chi connectivity index (χ0v) is 47.6. The average molecular weight is 1100 g/mol. The van der Waals surface area contributed by atoms with Crippen molar-refractivity contribution in [2.75, 3.05) is 85.3 Å². The minimum absolute atomic E-state index is 0.0195. The number of carbonyl (C=O) groups is 4. The maximum Gasteiger partial charge on any atom is 0.328 e. The first-order chi connectivity index (χ1) is 37.8. The molecule has 2 amide bonds. The molecular weight excluding hydrogens is 1010 g/mol. The number of likely N-dealkylation sites (N-methyl/N-ethyl adjacent to an activating group) is 1. The lowest BCUT2D eigenvalue weighted by Gasteiger charge is -2.63. The number of ether oxygens (including phenoxy) is 5. The second-order valence-corrected chi connectivity index (χ2v) is 23.7. The molecule has 19 heteroatoms. The van der Waals surface area contributed by atoms with E-state index in [-0.39, 0.29) is 64.0 Å². The number of aromatic nitrogens is 1. The molecule has 2 bridgehead atoms. The molecule has 434 valence electrons. The van der Waals surface area contributed by atoms with Gasteiger partial charge in [-0.1, -0.05) is 51.1 Å². The van der Waals surface area contributed by atoms with Crippen LogP contribution in [-0.4, -0.2) is 187 Å². The van der Waals surface area contributed by atoms with Crippen LogP contribution in [0, 0.1) is 11.3 Å². The number of esters is 2. The number of carbonyl (C=O) groups excluding carboxylic acids is 4. The third kappa shape index (κ3) is 10.4. The second-order valence-electron chi connectivity index (χ2n) is 23.7. The molecule has 79 heavy (non-hydrogen) atoms. The van der Waals surface area contributed by atoms with E-state index in [1.807, 2.05) is 25.8 Å². The number of piperidine rings is 1. The van der Waals surface area contributed by atoms with Crippen molar-refractivity contribution in [3.05, 3.63) is 70.9 Å². The van der Waals surface area contributed by atoms with E-state index in [4.69, 9.17) is 23.7 Å². The number of H-pyrrole nitrogens is 1. The molecule has 6 aliphatic rings. The topological polar surface area (TPSA) is 245 Å². The lowest BCUT2D eigenvalue weighted by Crippen LogP contribution is -2.81. The summed E-state index contributed by atoms with van der Waals surface area (Å²) < 4.78 is 27.9. The van der Waals surface area contributed by atoms with Gasteiger partial charge in [-0.2, -0.15) is 0 Å². The number of hydrogen-bond donors (Lipinski definition) is 7. The summed E-state index contributed by atoms with van der Waals surface area (Å²) in [5.74, 6) is -1.56. The van der Waals surface area contributed by atoms with E-state index >= 15 is 4.79 Å². The van der Waals surface area contributed by atoms with Crippen molar-refractivity contribution in [2.24, 2.45) is 11.3 Å². The standard InChI is InChI=1S/C60H86N6O13/c1-9-39(34-67)79-49(76-8)35-78-48(69)20-14-19-47(68)62-37(4)51(70)77-28-16-24-61-55(72)60(74)53-59(23-27-66-25-15-22-58(11-3,52(59)66)54(60)71)42-29-43(46(75-7)30-45(42)64(53)6)56(5)31-38-32-57(73,10-2)36-65(33-38)26-21-41-40-17-12-13-18-44(40)63-50(41)56/h12-13,15,17-18,22,29-30,37-39,49,52-54,63,67,71,73-74H,9-11,14,16,19-21,23-28,31-36H2,1-8H3,(H,61,72)(H,62,68)/t37-,38?,39?,49?,52?,53?,54-,56?,57?,58-,59?,60+/m1/s1. The summed E-state index contributed by atoms with van der Waals surface area (Å²) in [6.07, 6.45) is 6.10. The van der Waals surface area contributed by atoms with Gasteiger partial charge in [0.25, 0.3) is 5.91 Å². The van der Waals surface area contributed by atoms with Crippen molar-refractivity contribution in [3.8, 4) is 5.75 Å². The van der Waals surface area contributed by atoms with Gasteiger partial charge in [0.2, 0.25) is 5.91 Å². The van der Waals surface area contributed by atoms with Crippen molar-refractivity contribution in [1.82, 2.24) is 25.4 Å². The summed E-state index contributed by atoms with van der Waals surface area (Å²) in [5.41, 5.74) is 0.705. The van der Waals surface area contributed by atoms with E-state index in [1.165, 1.54) is 25.0 Å². The third-order valence-electron chi connectivity index (χ3n) is 19.0. The van der Waals surface area contributed by atoms with Gasteiger partial charge in [0.1, 0.15) is 24.5 Å². The van der Waals surface area contributed by atoms with Crippen LogP contribution in [0.3, 0.4) is 0 Å². The number of aliphatic hydroxyl groups excluding tert-OH is 2. The first kappa shape index (κ1) is 58.5. The monoisotopic (exact) mass is 1100 g/mol. The Balaban J connectivity index is 0.927. The number of para-hydroxylation sites is 1. The smallest absolute Gasteiger partial charge is 0.328 e. The Bertz CT molecular complexity index is 2750. The Morgan fingerprint density at radius 3 is 2.47 bits per heavy atom. The number of rotatable bonds is 22. The van der Waals surface area contributed by atoms with Crippen molar-refractivity contribution < 1.29 is 63.3 Å². The fraction of sp³-hybridized carbons (Fsp3) is 0.667. The zero-order chi connectivity index (χ0) is 56.7. The normalized spacial score (nSPS) is 31.8. The molecule has 2 saturated heterocycles. The Hall–Kier alpha value is -5.12. The molecule has 6 heterocycles. The van der Waals surface area contributed by atoms with Gasteiger partial charge in [0.15, 0.2) is 11.9 Å². The minimum atomic E-state index is -2.32. The fourth-order valence-electron chi connectivity index (χ4n) is 15.3. The van der Waals surface area contributed by atoms with Gasteiger partial charge >= 0.3 is 11.9 Å². The van der Waals surface area contributed by atoms with E-state index in [1.54, 1.807) is 7.11 Å². The summed E-state index contributed by atoms with van der Waals surface area (Å²) in [4.78, 5) is 64.0. The predicted molar refractivity (Wildman–Crippen MR) is 297 cm³/mol. The summed E-state index contributed by atoms with van der Waals surface area (Å²) in [5, 5.41) is 54.6. The van der Waals surface area contributed by atoms with Crippen molar-refractivity contribution >= 4 is 40.3 Å². The summed E-state index contributed by atoms with van der Waals surface area (Å²) in [7, 11) is 5.02. The Morgan fingerprint density at radius 2 is 1.75 bits per heavy atom. The van der Waals surface area contributed by atoms with Crippen LogP contribution in [0.5, 0.6) is 5.75 Å². The number of nitrogens with one attached hydrogen (secondary N) is 3. The van der Waals surface area contributed by atoms with E-state index in [0.29, 0.717) is 57.5 Å². The largest absolute Gasteiger partial charge is 0.496 e. The first-order valence-electron chi connectivity index (χ1n) is 28.8. The number of fused-ring (bicyclic) bond motifs is 6. The molecule has 1 saturated carbocycles. The van der Waals surface area contributed by atoms with Gasteiger partial charge in [0, 0.05) is 116 Å². The maximum absolute atomic E-state index is 15.1. The number of amides is 2. The molecule has 9 rings (SSSR count). The van der Waals surface area contributed by atoms with E-state index in [9.17, 15) is 34.8 Å². The fourth-order valence-corrected chi connectivity index (χ4v) is 15.3. The highest BCUT2D eigenvalue weighted by molar-refractivity contribution is 5.91. The summed E-state index contributed by atoms with van der Waals surface area (Å²) in [6, 6.07) is 10.8. The molecule has 7 N–H and O–H groups in total. The Morgan fingerprint density at radius 1 is 0.962 bits per heavy atom. The van der Waals surface area contributed by atoms with Crippen LogP contribution in [0.2, 0.25) is 0 Å². The summed E-state index contributed by atoms with van der Waals surface area (Å²) >= 11 is 0. The molecule has 3 fully saturated rings. The van der Waals surface area contributed by atoms with Crippen LogP contribution in [0.1, 0.15) is 121 Å². The van der Waals surface area contributed by atoms with Crippen molar-refractivity contribution in [3.63, 3.8) is 0 Å². The number of nitrogens with zero attached hydrogens (tertiary/aromatic N) is 3. The molecule has 13 atom stereocenters. The van der Waals surface area contributed by atoms with E-state index in [0.717, 1.165) is 54.0 Å². The number of hydrogen-bond acceptors (Lipinski definition) is 16. The zero-order valence-electron chi connectivity index (χ0n) is 47.6. The lowest BCUT2D eigenvalue weighted by atomic mass is 9.47. The average Bonchev–Trinajstić information content (AvgIpc) is 1.85. The van der Waals surface area contributed by atoms with Crippen LogP contribution in [0.4, 0.5) is 5.69 Å². The minimum Gasteiger partial charge on any atom is -0.496 e. The van der Waals surface area contributed by atoms with Crippen molar-refractivity contribution in [1.29, 1.82) is 0 Å². The number of methoxy groups -OCH3 is 2. The summed E-state index contributed by atoms with van der Waals surface area (Å²) in [6.45, 7) is 13.0. The van der Waals surface area contributed by atoms with Crippen LogP contribution in [0.15, 0.2) is 48.6 Å². The SMILES string of the molecule is CCC(CO)OC(COC(=O)CCCC(=O)N[C@H](C)C(=O)OCCCNC(=O)[C@]1(O)C2N(C)c3cc(OC)c(C4(C)CC5CN(CCc6c4[nH]c4ccccc64)CC(O)(CC)C5)cc3C23CCN2CC=C[C@](CC)(C23)[C@H]1O)OC. The van der Waals surface area contributed by atoms with Gasteiger partial charge in [-0.05, 0) is 107 Å². The highest BCUT2D eigenvalue weighted by Gasteiger charge is 2.78. The van der Waals surface area contributed by atoms with Crippen LogP contribution < -0.4 is 20.3 Å². The van der Waals surface area contributed by atoms with Gasteiger partial charge in [-0.3, -0.25) is 24.2 Å². The number of anilines is 1. The molecule has 1 aliphatic carbocycles. The Kier molecular flexibility index (Phi) is 17.3. The van der Waals surface area contributed by atoms with Gasteiger partial charge in [0.05, 0.1) is 38.1 Å². The number of aliphatic hydroxyl groups is 4. The molecule has 0 radical (unpaired) electrons. The maximum atomic E-state index is 15.1. The van der Waals surface area contributed by atoms with Crippen molar-refractivity contribution in [2.45, 2.75) is 164 Å². The highest BCUT2D eigenvalue weighted by atomic mass is 16.7. The quantitative estimate of drug-likeness (QED) is 0.0324. The number of benzene rings is 2. The molecule has 19 nitrogen and oxygen atoms in total. The molecule has 3 aromatic rings. The van der Waals surface area contributed by atoms with E-state index < -0.39 is 81.8 Å². The second kappa shape index (κ2) is 23.4. The third-order valence-corrected chi connectivity index (χ3v) is 19.0. The van der Waals surface area contributed by atoms with Crippen LogP contribution in [0.25, 0.3) is 10.9 Å². The number of aromatic amines is 1. The predicted octanol–water partition coefficient (Wildman–Crippen LogP) is 4.12. The first-order valence-corrected chi connectivity index (χ1v) is 28.8. The highest BCUT2D eigenvalue weighted by Crippen LogP contribution is 2.67. The Labute approximate surface area is 464 Å². The molecule has 1 spiro atoms. The van der Waals surface area contributed by atoms with Gasteiger partial charge in [-0.15, -0.1) is 0 Å². The molecule has 2 aromatic carbocycles. The van der Waals surface area contributed by atoms with E-state index in [2.05, 4.69) is 87.8 Å².